The zero-order valence-electron chi connectivity index (χ0n) is 16.4. The summed E-state index contributed by atoms with van der Waals surface area (Å²) < 4.78 is 30.3. The maximum Gasteiger partial charge on any atom is 0.245 e. The second-order valence-corrected chi connectivity index (χ2v) is 9.19. The van der Waals surface area contributed by atoms with Gasteiger partial charge in [0.2, 0.25) is 21.8 Å². The van der Waals surface area contributed by atoms with Crippen molar-refractivity contribution in [3.05, 3.63) is 24.5 Å². The Bertz CT molecular complexity index is 986. The molecule has 0 radical (unpaired) electrons. The minimum atomic E-state index is -3.19. The van der Waals surface area contributed by atoms with Gasteiger partial charge < -0.3 is 4.74 Å². The number of H-pyrrole nitrogens is 1. The van der Waals surface area contributed by atoms with Gasteiger partial charge in [-0.25, -0.2) is 8.42 Å². The van der Waals surface area contributed by atoms with Crippen LogP contribution < -0.4 is 9.64 Å². The molecule has 2 aliphatic rings. The molecule has 1 unspecified atom stereocenters. The molecule has 11 heteroatoms. The number of anilines is 1. The predicted octanol–water partition coefficient (Wildman–Crippen LogP) is 0.163. The number of carbonyl (C=O) groups is 1. The first-order valence-electron chi connectivity index (χ1n) is 9.43. The maximum atomic E-state index is 13.1. The summed E-state index contributed by atoms with van der Waals surface area (Å²) in [6, 6.07) is 3.43. The van der Waals surface area contributed by atoms with Gasteiger partial charge in [-0.05, 0) is 18.6 Å². The number of piperazine rings is 1. The quantitative estimate of drug-likeness (QED) is 0.733. The van der Waals surface area contributed by atoms with Gasteiger partial charge in [0.15, 0.2) is 0 Å². The van der Waals surface area contributed by atoms with Gasteiger partial charge in [0, 0.05) is 50.0 Å². The van der Waals surface area contributed by atoms with Crippen molar-refractivity contribution in [2.24, 2.45) is 0 Å². The van der Waals surface area contributed by atoms with E-state index in [9.17, 15) is 13.2 Å². The van der Waals surface area contributed by atoms with Crippen molar-refractivity contribution in [1.82, 2.24) is 24.4 Å². The van der Waals surface area contributed by atoms with Gasteiger partial charge >= 0.3 is 0 Å². The van der Waals surface area contributed by atoms with Crippen LogP contribution in [0.5, 0.6) is 5.88 Å². The van der Waals surface area contributed by atoms with E-state index < -0.39 is 10.0 Å². The summed E-state index contributed by atoms with van der Waals surface area (Å²) in [5.74, 6) is 0.974. The molecule has 0 bridgehead atoms. The number of nitrogens with one attached hydrogen (secondary N) is 1. The molecule has 0 spiro atoms. The van der Waals surface area contributed by atoms with Crippen LogP contribution in [0.3, 0.4) is 0 Å². The Labute approximate surface area is 169 Å². The molecule has 4 heterocycles. The maximum absolute atomic E-state index is 13.1. The van der Waals surface area contributed by atoms with Crippen LogP contribution in [-0.4, -0.2) is 90.8 Å². The second kappa shape index (κ2) is 7.73. The van der Waals surface area contributed by atoms with Crippen LogP contribution in [0.15, 0.2) is 24.5 Å². The highest BCUT2D eigenvalue weighted by Gasteiger charge is 2.39. The molecule has 29 heavy (non-hydrogen) atoms. The topological polar surface area (TPSA) is 112 Å². The first-order chi connectivity index (χ1) is 13.9. The lowest BCUT2D eigenvalue weighted by Gasteiger charge is -2.36. The molecule has 2 aromatic heterocycles. The largest absolute Gasteiger partial charge is 0.480 e. The molecule has 2 aromatic rings. The third-order valence-corrected chi connectivity index (χ3v) is 6.79. The fraction of sp³-hybridized carbons (Fsp3) is 0.500. The van der Waals surface area contributed by atoms with Gasteiger partial charge in [0.25, 0.3) is 0 Å². The van der Waals surface area contributed by atoms with Crippen molar-refractivity contribution in [2.45, 2.75) is 12.5 Å². The highest BCUT2D eigenvalue weighted by molar-refractivity contribution is 7.88. The van der Waals surface area contributed by atoms with E-state index in [2.05, 4.69) is 20.1 Å². The Balaban J connectivity index is 1.48. The molecule has 4 rings (SSSR count). The predicted molar refractivity (Wildman–Crippen MR) is 107 cm³/mol. The monoisotopic (exact) mass is 420 g/mol. The number of amides is 1. The summed E-state index contributed by atoms with van der Waals surface area (Å²) >= 11 is 0. The van der Waals surface area contributed by atoms with E-state index in [0.29, 0.717) is 50.8 Å². The number of methoxy groups -OCH3 is 1. The third-order valence-electron chi connectivity index (χ3n) is 5.48. The first-order valence-corrected chi connectivity index (χ1v) is 11.3. The minimum absolute atomic E-state index is 0.0107. The molecule has 0 aromatic carbocycles. The van der Waals surface area contributed by atoms with Crippen LogP contribution >= 0.6 is 0 Å². The van der Waals surface area contributed by atoms with E-state index in [-0.39, 0.29) is 11.9 Å². The molecule has 10 nitrogen and oxygen atoms in total. The number of nitrogens with zero attached hydrogens (tertiary/aromatic N) is 5. The summed E-state index contributed by atoms with van der Waals surface area (Å²) in [7, 11) is -1.64. The third kappa shape index (κ3) is 3.85. The summed E-state index contributed by atoms with van der Waals surface area (Å²) in [5, 5.41) is 6.71. The molecule has 1 N–H and O–H groups in total. The lowest BCUT2D eigenvalue weighted by Crippen LogP contribution is -2.53. The number of aromatic nitrogens is 3. The number of sulfonamides is 1. The Hall–Kier alpha value is -2.50. The van der Waals surface area contributed by atoms with Crippen LogP contribution in [0.4, 0.5) is 5.82 Å². The molecule has 2 aliphatic heterocycles. The van der Waals surface area contributed by atoms with E-state index in [1.54, 1.807) is 24.4 Å². The van der Waals surface area contributed by atoms with Crippen molar-refractivity contribution in [2.75, 3.05) is 51.0 Å². The van der Waals surface area contributed by atoms with Crippen molar-refractivity contribution < 1.29 is 17.9 Å². The lowest BCUT2D eigenvalue weighted by molar-refractivity contribution is -0.122. The number of hydrogen-bond donors (Lipinski definition) is 1. The van der Waals surface area contributed by atoms with Crippen molar-refractivity contribution in [1.29, 1.82) is 0 Å². The summed E-state index contributed by atoms with van der Waals surface area (Å²) in [6.07, 6.45) is 5.35. The number of rotatable bonds is 5. The van der Waals surface area contributed by atoms with Gasteiger partial charge in [-0.15, -0.1) is 0 Å². The fourth-order valence-electron chi connectivity index (χ4n) is 3.93. The van der Waals surface area contributed by atoms with Crippen molar-refractivity contribution >= 4 is 21.7 Å². The molecule has 2 fully saturated rings. The number of aromatic amines is 1. The molecule has 2 saturated heterocycles. The van der Waals surface area contributed by atoms with E-state index in [4.69, 9.17) is 4.74 Å². The van der Waals surface area contributed by atoms with Gasteiger partial charge in [0.1, 0.15) is 5.82 Å². The van der Waals surface area contributed by atoms with Gasteiger partial charge in [-0.3, -0.25) is 19.7 Å². The zero-order chi connectivity index (χ0) is 20.6. The number of hydrogen-bond acceptors (Lipinski definition) is 7. The van der Waals surface area contributed by atoms with Gasteiger partial charge in [-0.1, -0.05) is 0 Å². The Morgan fingerprint density at radius 2 is 1.93 bits per heavy atom. The summed E-state index contributed by atoms with van der Waals surface area (Å²) in [4.78, 5) is 21.3. The Kier molecular flexibility index (Phi) is 5.28. The SMILES string of the molecule is COc1nc(N2CCC(N3CCN(S(C)(=O)=O)CC3)C2=O)ccc1-c1cn[nH]c1. The summed E-state index contributed by atoms with van der Waals surface area (Å²) in [5.41, 5.74) is 1.65. The minimum Gasteiger partial charge on any atom is -0.480 e. The van der Waals surface area contributed by atoms with E-state index in [1.165, 1.54) is 10.6 Å². The van der Waals surface area contributed by atoms with Crippen molar-refractivity contribution in [3.63, 3.8) is 0 Å². The standard InChI is InChI=1S/C18H24N6O4S/c1-28-17-14(13-11-19-20-12-13)3-4-16(21-17)24-6-5-15(18(24)25)22-7-9-23(10-8-22)29(2,26)27/h3-4,11-12,15H,5-10H2,1-2H3,(H,19,20). The molecule has 1 amide bonds. The molecular formula is C18H24N6O4S. The van der Waals surface area contributed by atoms with Crippen molar-refractivity contribution in [3.8, 4) is 17.0 Å². The lowest BCUT2D eigenvalue weighted by atomic mass is 10.1. The van der Waals surface area contributed by atoms with E-state index in [0.717, 1.165) is 11.1 Å². The highest BCUT2D eigenvalue weighted by atomic mass is 32.2. The molecule has 156 valence electrons. The average molecular weight is 420 g/mol. The summed E-state index contributed by atoms with van der Waals surface area (Å²) in [6.45, 7) is 2.49. The Morgan fingerprint density at radius 1 is 1.17 bits per heavy atom. The van der Waals surface area contributed by atoms with E-state index >= 15 is 0 Å². The number of carbonyl (C=O) groups excluding carboxylic acids is 1. The van der Waals surface area contributed by atoms with Gasteiger partial charge in [-0.2, -0.15) is 14.4 Å². The molecule has 1 atom stereocenters. The van der Waals surface area contributed by atoms with Crippen LogP contribution in [0.25, 0.3) is 11.1 Å². The highest BCUT2D eigenvalue weighted by Crippen LogP contribution is 2.32. The number of pyridine rings is 1. The molecular weight excluding hydrogens is 396 g/mol. The zero-order valence-corrected chi connectivity index (χ0v) is 17.2. The van der Waals surface area contributed by atoms with Crippen LogP contribution in [0.1, 0.15) is 6.42 Å². The number of ether oxygens (including phenoxy) is 1. The molecule has 0 aliphatic carbocycles. The van der Waals surface area contributed by atoms with Crippen LogP contribution in [0, 0.1) is 0 Å². The fourth-order valence-corrected chi connectivity index (χ4v) is 4.76. The Morgan fingerprint density at radius 3 is 2.55 bits per heavy atom. The first kappa shape index (κ1) is 19.8. The normalized spacial score (nSPS) is 21.7. The van der Waals surface area contributed by atoms with Crippen LogP contribution in [0.2, 0.25) is 0 Å². The smallest absolute Gasteiger partial charge is 0.245 e. The van der Waals surface area contributed by atoms with E-state index in [1.807, 2.05) is 12.1 Å². The average Bonchev–Trinajstić information content (AvgIpc) is 3.37. The van der Waals surface area contributed by atoms with Gasteiger partial charge in [0.05, 0.1) is 25.6 Å². The molecule has 0 saturated carbocycles. The second-order valence-electron chi connectivity index (χ2n) is 7.21. The van der Waals surface area contributed by atoms with Crippen LogP contribution in [-0.2, 0) is 14.8 Å².